The van der Waals surface area contributed by atoms with Gasteiger partial charge < -0.3 is 19.6 Å². The fraction of sp³-hybridized carbons (Fsp3) is 0.158. The van der Waals surface area contributed by atoms with Crippen LogP contribution >= 0.6 is 0 Å². The predicted octanol–water partition coefficient (Wildman–Crippen LogP) is 2.99. The number of amides is 1. The standard InChI is InChI=1S/C19H16N4O5/c1-11(24)17-7-5-13(26-17)10-21-18(25)14-3-2-8-20-19(14)27-12-4-6-15-16(9-12)23-28-22-15/h2-9,11,24H,10H2,1H3,(H,21,25). The number of aromatic nitrogens is 3. The summed E-state index contributed by atoms with van der Waals surface area (Å²) in [5.41, 5.74) is 1.40. The van der Waals surface area contributed by atoms with Crippen molar-refractivity contribution in [2.45, 2.75) is 19.6 Å². The van der Waals surface area contributed by atoms with Crippen LogP contribution in [0.25, 0.3) is 11.0 Å². The highest BCUT2D eigenvalue weighted by atomic mass is 16.6. The number of carbonyl (C=O) groups is 1. The Balaban J connectivity index is 1.48. The second-order valence-corrected chi connectivity index (χ2v) is 6.04. The van der Waals surface area contributed by atoms with E-state index in [1.807, 2.05) is 0 Å². The van der Waals surface area contributed by atoms with Crippen LogP contribution in [0, 0.1) is 0 Å². The highest BCUT2D eigenvalue weighted by Gasteiger charge is 2.16. The number of hydrogen-bond donors (Lipinski definition) is 2. The zero-order chi connectivity index (χ0) is 19.5. The maximum Gasteiger partial charge on any atom is 0.257 e. The lowest BCUT2D eigenvalue weighted by atomic mass is 10.2. The summed E-state index contributed by atoms with van der Waals surface area (Å²) in [5.74, 6) is 1.19. The smallest absolute Gasteiger partial charge is 0.257 e. The van der Waals surface area contributed by atoms with E-state index in [1.54, 1.807) is 49.4 Å². The van der Waals surface area contributed by atoms with Gasteiger partial charge in [-0.25, -0.2) is 9.61 Å². The average Bonchev–Trinajstić information content (AvgIpc) is 3.35. The van der Waals surface area contributed by atoms with Crippen LogP contribution in [0.1, 0.15) is 34.9 Å². The van der Waals surface area contributed by atoms with Crippen molar-refractivity contribution < 1.29 is 23.7 Å². The number of nitrogens with zero attached hydrogens (tertiary/aromatic N) is 3. The van der Waals surface area contributed by atoms with E-state index in [0.29, 0.717) is 28.3 Å². The van der Waals surface area contributed by atoms with E-state index in [2.05, 4.69) is 25.2 Å². The number of benzene rings is 1. The topological polar surface area (TPSA) is 124 Å². The summed E-state index contributed by atoms with van der Waals surface area (Å²) >= 11 is 0. The van der Waals surface area contributed by atoms with E-state index in [9.17, 15) is 9.90 Å². The van der Waals surface area contributed by atoms with Crippen molar-refractivity contribution in [2.24, 2.45) is 0 Å². The lowest BCUT2D eigenvalue weighted by molar-refractivity contribution is 0.0944. The fourth-order valence-electron chi connectivity index (χ4n) is 2.56. The number of aliphatic hydroxyl groups is 1. The van der Waals surface area contributed by atoms with Gasteiger partial charge in [0.1, 0.15) is 40.0 Å². The van der Waals surface area contributed by atoms with Gasteiger partial charge in [0.15, 0.2) is 0 Å². The van der Waals surface area contributed by atoms with Crippen LogP contribution in [-0.2, 0) is 6.54 Å². The van der Waals surface area contributed by atoms with Crippen LogP contribution in [0.2, 0.25) is 0 Å². The first-order valence-corrected chi connectivity index (χ1v) is 8.50. The molecule has 1 amide bonds. The minimum Gasteiger partial charge on any atom is -0.461 e. The molecule has 3 aromatic heterocycles. The zero-order valence-electron chi connectivity index (χ0n) is 14.8. The van der Waals surface area contributed by atoms with Gasteiger partial charge in [0.2, 0.25) is 5.88 Å². The Bertz CT molecular complexity index is 1120. The summed E-state index contributed by atoms with van der Waals surface area (Å²) in [5, 5.41) is 19.7. The number of fused-ring (bicyclic) bond motifs is 1. The Morgan fingerprint density at radius 3 is 2.89 bits per heavy atom. The third kappa shape index (κ3) is 3.69. The lowest BCUT2D eigenvalue weighted by Crippen LogP contribution is -2.23. The number of furan rings is 1. The largest absolute Gasteiger partial charge is 0.461 e. The number of ether oxygens (including phenoxy) is 1. The van der Waals surface area contributed by atoms with Crippen molar-refractivity contribution in [1.29, 1.82) is 0 Å². The van der Waals surface area contributed by atoms with Crippen molar-refractivity contribution in [2.75, 3.05) is 0 Å². The van der Waals surface area contributed by atoms with E-state index < -0.39 is 6.10 Å². The monoisotopic (exact) mass is 380 g/mol. The molecule has 28 heavy (non-hydrogen) atoms. The molecule has 1 aromatic carbocycles. The number of rotatable bonds is 6. The first-order chi connectivity index (χ1) is 13.6. The maximum absolute atomic E-state index is 12.6. The van der Waals surface area contributed by atoms with Crippen molar-refractivity contribution in [1.82, 2.24) is 20.6 Å². The van der Waals surface area contributed by atoms with Gasteiger partial charge in [-0.05, 0) is 53.6 Å². The van der Waals surface area contributed by atoms with Crippen molar-refractivity contribution >= 4 is 16.9 Å². The molecule has 0 bridgehead atoms. The zero-order valence-corrected chi connectivity index (χ0v) is 14.8. The Morgan fingerprint density at radius 2 is 2.07 bits per heavy atom. The highest BCUT2D eigenvalue weighted by molar-refractivity contribution is 5.96. The molecule has 3 heterocycles. The summed E-state index contributed by atoms with van der Waals surface area (Å²) in [6.45, 7) is 1.77. The molecule has 2 N–H and O–H groups in total. The molecule has 4 aromatic rings. The first kappa shape index (κ1) is 17.7. The van der Waals surface area contributed by atoms with Crippen LogP contribution < -0.4 is 10.1 Å². The highest BCUT2D eigenvalue weighted by Crippen LogP contribution is 2.25. The summed E-state index contributed by atoms with van der Waals surface area (Å²) in [6, 6.07) is 11.6. The van der Waals surface area contributed by atoms with Gasteiger partial charge in [-0.3, -0.25) is 4.79 Å². The molecule has 0 saturated carbocycles. The average molecular weight is 380 g/mol. The Hall–Kier alpha value is -3.72. The van der Waals surface area contributed by atoms with Gasteiger partial charge in [-0.1, -0.05) is 0 Å². The second-order valence-electron chi connectivity index (χ2n) is 6.04. The maximum atomic E-state index is 12.6. The van der Waals surface area contributed by atoms with Gasteiger partial charge in [0.25, 0.3) is 5.91 Å². The SMILES string of the molecule is CC(O)c1ccc(CNC(=O)c2cccnc2Oc2ccc3nonc3c2)o1. The summed E-state index contributed by atoms with van der Waals surface area (Å²) < 4.78 is 15.9. The minimum atomic E-state index is -0.708. The molecule has 0 aliphatic carbocycles. The van der Waals surface area contributed by atoms with Crippen LogP contribution in [0.4, 0.5) is 0 Å². The van der Waals surface area contributed by atoms with Crippen LogP contribution in [0.3, 0.4) is 0 Å². The Labute approximate surface area is 158 Å². The van der Waals surface area contributed by atoms with Gasteiger partial charge in [-0.2, -0.15) is 0 Å². The van der Waals surface area contributed by atoms with E-state index in [4.69, 9.17) is 9.15 Å². The number of pyridine rings is 1. The molecule has 0 aliphatic rings. The summed E-state index contributed by atoms with van der Waals surface area (Å²) in [6.07, 6.45) is 0.823. The molecule has 142 valence electrons. The molecule has 1 atom stereocenters. The molecule has 9 heteroatoms. The quantitative estimate of drug-likeness (QED) is 0.523. The fourth-order valence-corrected chi connectivity index (χ4v) is 2.56. The number of carbonyl (C=O) groups excluding carboxylic acids is 1. The summed E-state index contributed by atoms with van der Waals surface area (Å²) in [7, 11) is 0. The van der Waals surface area contributed by atoms with Gasteiger partial charge >= 0.3 is 0 Å². The minimum absolute atomic E-state index is 0.153. The molecule has 0 spiro atoms. The van der Waals surface area contributed by atoms with Crippen LogP contribution in [-0.4, -0.2) is 26.3 Å². The van der Waals surface area contributed by atoms with Crippen LogP contribution in [0.5, 0.6) is 11.6 Å². The van der Waals surface area contributed by atoms with Gasteiger partial charge in [-0.15, -0.1) is 0 Å². The predicted molar refractivity (Wildman–Crippen MR) is 96.6 cm³/mol. The van der Waals surface area contributed by atoms with Crippen molar-refractivity contribution in [3.63, 3.8) is 0 Å². The lowest BCUT2D eigenvalue weighted by Gasteiger charge is -2.09. The van der Waals surface area contributed by atoms with Gasteiger partial charge in [0, 0.05) is 12.3 Å². The van der Waals surface area contributed by atoms with E-state index in [0.717, 1.165) is 0 Å². The first-order valence-electron chi connectivity index (χ1n) is 8.50. The van der Waals surface area contributed by atoms with Crippen LogP contribution in [0.15, 0.2) is 57.7 Å². The third-order valence-corrected chi connectivity index (χ3v) is 3.97. The Kier molecular flexibility index (Phi) is 4.73. The number of aliphatic hydroxyl groups excluding tert-OH is 1. The van der Waals surface area contributed by atoms with Gasteiger partial charge in [0.05, 0.1) is 6.54 Å². The van der Waals surface area contributed by atoms with E-state index in [-0.39, 0.29) is 23.9 Å². The van der Waals surface area contributed by atoms with E-state index in [1.165, 1.54) is 6.20 Å². The van der Waals surface area contributed by atoms with E-state index >= 15 is 0 Å². The molecule has 1 unspecified atom stereocenters. The molecule has 0 aliphatic heterocycles. The normalized spacial score (nSPS) is 12.1. The van der Waals surface area contributed by atoms with Crippen molar-refractivity contribution in [3.05, 3.63) is 65.7 Å². The molecule has 4 rings (SSSR count). The Morgan fingerprint density at radius 1 is 1.21 bits per heavy atom. The molecular formula is C19H16N4O5. The summed E-state index contributed by atoms with van der Waals surface area (Å²) in [4.78, 5) is 16.7. The third-order valence-electron chi connectivity index (χ3n) is 3.97. The molecule has 9 nitrogen and oxygen atoms in total. The number of hydrogen-bond acceptors (Lipinski definition) is 8. The molecule has 0 saturated heterocycles. The second kappa shape index (κ2) is 7.49. The van der Waals surface area contributed by atoms with Crippen molar-refractivity contribution in [3.8, 4) is 11.6 Å². The number of nitrogens with one attached hydrogen (secondary N) is 1. The molecular weight excluding hydrogens is 364 g/mol. The molecule has 0 radical (unpaired) electrons. The molecule has 0 fully saturated rings.